The van der Waals surface area contributed by atoms with Gasteiger partial charge in [0.25, 0.3) is 5.92 Å². The molecule has 8 nitrogen and oxygen atoms in total. The molecule has 1 N–H and O–H groups in total. The number of aromatic nitrogens is 2. The van der Waals surface area contributed by atoms with Crippen LogP contribution in [0.2, 0.25) is 0 Å². The fourth-order valence-electron chi connectivity index (χ4n) is 4.70. The normalized spacial score (nSPS) is 14.3. The maximum absolute atomic E-state index is 14.0. The van der Waals surface area contributed by atoms with Crippen LogP contribution in [0.4, 0.5) is 8.78 Å². The highest BCUT2D eigenvalue weighted by molar-refractivity contribution is 5.90. The minimum absolute atomic E-state index is 0.234. The van der Waals surface area contributed by atoms with Crippen LogP contribution in [-0.2, 0) is 4.74 Å². The summed E-state index contributed by atoms with van der Waals surface area (Å²) in [4.78, 5) is 12.5. The van der Waals surface area contributed by atoms with Gasteiger partial charge in [-0.3, -0.25) is 0 Å². The maximum atomic E-state index is 14.0. The largest absolute Gasteiger partial charge is 0.486 e. The lowest BCUT2D eigenvalue weighted by molar-refractivity contribution is 0.0457. The first-order valence-corrected chi connectivity index (χ1v) is 14.1. The van der Waals surface area contributed by atoms with Crippen molar-refractivity contribution >= 4 is 16.9 Å². The molecule has 226 valence electrons. The number of esters is 1. The molecule has 0 radical (unpaired) electrons. The Bertz CT molecular complexity index is 1630. The van der Waals surface area contributed by atoms with Crippen molar-refractivity contribution in [2.24, 2.45) is 5.92 Å². The summed E-state index contributed by atoms with van der Waals surface area (Å²) in [5.41, 5.74) is 2.24. The second kappa shape index (κ2) is 12.3. The van der Waals surface area contributed by atoms with Crippen molar-refractivity contribution in [1.82, 2.24) is 15.1 Å². The summed E-state index contributed by atoms with van der Waals surface area (Å²) < 4.78 is 52.9. The number of hydrogen-bond donors (Lipinski definition) is 1. The maximum Gasteiger partial charge on any atom is 0.338 e. The summed E-state index contributed by atoms with van der Waals surface area (Å²) in [5.74, 6) is -1.57. The first-order valence-electron chi connectivity index (χ1n) is 14.1. The number of benzene rings is 3. The summed E-state index contributed by atoms with van der Waals surface area (Å²) in [7, 11) is 0. The van der Waals surface area contributed by atoms with E-state index in [9.17, 15) is 13.6 Å². The molecule has 0 spiro atoms. The van der Waals surface area contributed by atoms with Crippen LogP contribution in [-0.4, -0.2) is 47.5 Å². The van der Waals surface area contributed by atoms with Gasteiger partial charge in [-0.2, -0.15) is 5.10 Å². The zero-order valence-electron chi connectivity index (χ0n) is 24.6. The smallest absolute Gasteiger partial charge is 0.338 e. The van der Waals surface area contributed by atoms with Gasteiger partial charge in [0.2, 0.25) is 0 Å². The number of ether oxygens (including phenoxy) is 4. The van der Waals surface area contributed by atoms with Gasteiger partial charge >= 0.3 is 5.97 Å². The molecule has 43 heavy (non-hydrogen) atoms. The average Bonchev–Trinajstić information content (AvgIpc) is 3.41. The lowest BCUT2D eigenvalue weighted by Gasteiger charge is -2.30. The second-order valence-electron chi connectivity index (χ2n) is 11.1. The Balaban J connectivity index is 1.42. The van der Waals surface area contributed by atoms with Crippen LogP contribution in [0.1, 0.15) is 49.7 Å². The SMILES string of the molecule is C=C(NC(C)[C@H](Oc1ccc2c(cnn2-c2cccc(C(=O)OCC(C)C)c2)c1)c1ccc2c(c1)OCCO2)C(C)(F)F. The molecule has 0 amide bonds. The molecule has 1 aliphatic heterocycles. The lowest BCUT2D eigenvalue weighted by Crippen LogP contribution is -2.38. The zero-order chi connectivity index (χ0) is 30.7. The number of halogens is 2. The molecule has 0 bridgehead atoms. The number of alkyl halides is 2. The number of allylic oxidation sites excluding steroid dienone is 1. The molecular weight excluding hydrogens is 556 g/mol. The highest BCUT2D eigenvalue weighted by atomic mass is 19.3. The van der Waals surface area contributed by atoms with Crippen LogP contribution in [0, 0.1) is 5.92 Å². The van der Waals surface area contributed by atoms with Crippen molar-refractivity contribution in [2.45, 2.75) is 45.8 Å². The van der Waals surface area contributed by atoms with E-state index in [1.54, 1.807) is 54.2 Å². The van der Waals surface area contributed by atoms with Crippen molar-refractivity contribution in [1.29, 1.82) is 0 Å². The first kappa shape index (κ1) is 29.9. The summed E-state index contributed by atoms with van der Waals surface area (Å²) in [6.07, 6.45) is 1.02. The first-order chi connectivity index (χ1) is 20.5. The van der Waals surface area contributed by atoms with Crippen LogP contribution in [0.25, 0.3) is 16.6 Å². The van der Waals surface area contributed by atoms with Gasteiger partial charge in [-0.05, 0) is 66.9 Å². The van der Waals surface area contributed by atoms with Crippen molar-refractivity contribution < 1.29 is 32.5 Å². The summed E-state index contributed by atoms with van der Waals surface area (Å²) >= 11 is 0. The molecular formula is C33H35F2N3O5. The van der Waals surface area contributed by atoms with Crippen molar-refractivity contribution in [2.75, 3.05) is 19.8 Å². The quantitative estimate of drug-likeness (QED) is 0.191. The molecule has 1 aromatic heterocycles. The summed E-state index contributed by atoms with van der Waals surface area (Å²) in [5, 5.41) is 8.14. The van der Waals surface area contributed by atoms with Crippen LogP contribution < -0.4 is 19.5 Å². The number of fused-ring (bicyclic) bond motifs is 2. The molecule has 10 heteroatoms. The Hall–Kier alpha value is -4.60. The number of rotatable bonds is 11. The Kier molecular flexibility index (Phi) is 8.57. The third-order valence-electron chi connectivity index (χ3n) is 6.96. The van der Waals surface area contributed by atoms with Gasteiger partial charge in [0.05, 0.1) is 41.3 Å². The van der Waals surface area contributed by atoms with Gasteiger partial charge in [-0.1, -0.05) is 32.6 Å². The molecule has 0 aliphatic carbocycles. The Morgan fingerprint density at radius 3 is 2.58 bits per heavy atom. The van der Waals surface area contributed by atoms with Gasteiger partial charge in [-0.25, -0.2) is 18.3 Å². The summed E-state index contributed by atoms with van der Waals surface area (Å²) in [6, 6.07) is 17.4. The Morgan fingerprint density at radius 2 is 1.84 bits per heavy atom. The van der Waals surface area contributed by atoms with Crippen LogP contribution >= 0.6 is 0 Å². The molecule has 0 saturated heterocycles. The van der Waals surface area contributed by atoms with E-state index in [1.807, 2.05) is 38.1 Å². The predicted molar refractivity (Wildman–Crippen MR) is 159 cm³/mol. The number of carbonyl (C=O) groups excluding carboxylic acids is 1. The fraction of sp³-hybridized carbons (Fsp3) is 0.333. The average molecular weight is 592 g/mol. The number of carbonyl (C=O) groups is 1. The van der Waals surface area contributed by atoms with Crippen LogP contribution in [0.3, 0.4) is 0 Å². The zero-order valence-corrected chi connectivity index (χ0v) is 24.6. The predicted octanol–water partition coefficient (Wildman–Crippen LogP) is 6.88. The molecule has 5 rings (SSSR count). The van der Waals surface area contributed by atoms with Crippen molar-refractivity contribution in [3.8, 4) is 22.9 Å². The van der Waals surface area contributed by atoms with Crippen molar-refractivity contribution in [3.05, 3.63) is 90.3 Å². The Morgan fingerprint density at radius 1 is 1.07 bits per heavy atom. The van der Waals surface area contributed by atoms with Crippen LogP contribution in [0.15, 0.2) is 79.1 Å². The molecule has 3 aromatic carbocycles. The van der Waals surface area contributed by atoms with E-state index in [4.69, 9.17) is 18.9 Å². The topological polar surface area (TPSA) is 83.8 Å². The molecule has 4 aromatic rings. The molecule has 1 unspecified atom stereocenters. The van der Waals surface area contributed by atoms with E-state index in [1.165, 1.54) is 0 Å². The molecule has 0 fully saturated rings. The summed E-state index contributed by atoms with van der Waals surface area (Å²) in [6.45, 7) is 11.2. The fourth-order valence-corrected chi connectivity index (χ4v) is 4.70. The van der Waals surface area contributed by atoms with E-state index < -0.39 is 23.8 Å². The van der Waals surface area contributed by atoms with Gasteiger partial charge in [0, 0.05) is 12.3 Å². The van der Waals surface area contributed by atoms with Crippen LogP contribution in [0.5, 0.6) is 17.2 Å². The van der Waals surface area contributed by atoms with E-state index in [-0.39, 0.29) is 11.9 Å². The minimum atomic E-state index is -3.11. The molecule has 1 aliphatic rings. The highest BCUT2D eigenvalue weighted by Crippen LogP contribution is 2.36. The number of nitrogens with zero attached hydrogens (tertiary/aromatic N) is 2. The van der Waals surface area contributed by atoms with Gasteiger partial charge in [0.1, 0.15) is 25.1 Å². The third-order valence-corrected chi connectivity index (χ3v) is 6.96. The van der Waals surface area contributed by atoms with E-state index in [0.717, 1.165) is 17.8 Å². The monoisotopic (exact) mass is 591 g/mol. The van der Waals surface area contributed by atoms with Crippen molar-refractivity contribution in [3.63, 3.8) is 0 Å². The third kappa shape index (κ3) is 6.90. The highest BCUT2D eigenvalue weighted by Gasteiger charge is 2.31. The van der Waals surface area contributed by atoms with E-state index in [2.05, 4.69) is 17.0 Å². The molecule has 0 saturated carbocycles. The van der Waals surface area contributed by atoms with E-state index in [0.29, 0.717) is 53.9 Å². The Labute approximate surface area is 249 Å². The second-order valence-corrected chi connectivity index (χ2v) is 11.1. The minimum Gasteiger partial charge on any atom is -0.486 e. The molecule has 2 heterocycles. The number of hydrogen-bond acceptors (Lipinski definition) is 7. The lowest BCUT2D eigenvalue weighted by atomic mass is 10.0. The van der Waals surface area contributed by atoms with E-state index >= 15 is 0 Å². The van der Waals surface area contributed by atoms with Gasteiger partial charge < -0.3 is 24.3 Å². The number of nitrogens with one attached hydrogen (secondary N) is 1. The van der Waals surface area contributed by atoms with Gasteiger partial charge in [0.15, 0.2) is 11.5 Å². The standard InChI is InChI=1S/C33H35F2N3O5/c1-20(2)19-42-32(39)24-7-6-8-26(15-24)38-28-11-10-27(16-25(28)18-36-38)43-31(21(3)37-22(4)33(5,34)35)23-9-12-29-30(17-23)41-14-13-40-29/h6-12,15-18,20-21,31,37H,4,13-14,19H2,1-3,5H3/t21?,31-/m0/s1. The van der Waals surface area contributed by atoms with Gasteiger partial charge in [-0.15, -0.1) is 0 Å². The molecule has 2 atom stereocenters.